The molecule has 0 atom stereocenters. The highest BCUT2D eigenvalue weighted by atomic mass is 127. The van der Waals surface area contributed by atoms with Crippen LogP contribution in [0, 0.1) is 13.8 Å². The van der Waals surface area contributed by atoms with Crippen LogP contribution >= 0.6 is 0 Å². The Labute approximate surface area is 380 Å². The van der Waals surface area contributed by atoms with Crippen molar-refractivity contribution in [3.05, 3.63) is 82.5 Å². The number of amides is 2. The van der Waals surface area contributed by atoms with Crippen LogP contribution in [0.15, 0.2) is 37.4 Å². The predicted molar refractivity (Wildman–Crippen MR) is 235 cm³/mol. The Bertz CT molecular complexity index is 2260. The largest absolute Gasteiger partial charge is 1.00 e. The van der Waals surface area contributed by atoms with Crippen molar-refractivity contribution in [2.75, 3.05) is 68.5 Å². The zero-order valence-electron chi connectivity index (χ0n) is 36.3. The molecule has 2 aliphatic rings. The molecule has 5 rings (SSSR count). The number of carbonyl (C=O) groups excluding carboxylic acids is 2. The van der Waals surface area contributed by atoms with E-state index < -0.39 is 0 Å². The number of halogens is 2. The smallest absolute Gasteiger partial charge is 0.220 e. The summed E-state index contributed by atoms with van der Waals surface area (Å²) in [4.78, 5) is 44.0. The number of H-pyrrole nitrogens is 2. The molecule has 4 N–H and O–H groups in total. The van der Waals surface area contributed by atoms with E-state index in [0.29, 0.717) is 38.8 Å². The summed E-state index contributed by atoms with van der Waals surface area (Å²) in [6.45, 7) is 19.9. The number of quaternary nitrogens is 2. The van der Waals surface area contributed by atoms with Crippen molar-refractivity contribution in [2.45, 2.75) is 66.2 Å². The maximum Gasteiger partial charge on any atom is 0.220 e. The number of rotatable bonds is 16. The molecule has 10 nitrogen and oxygen atoms in total. The predicted octanol–water partition coefficient (Wildman–Crippen LogP) is 2.07. The van der Waals surface area contributed by atoms with Gasteiger partial charge in [0.05, 0.1) is 78.2 Å². The van der Waals surface area contributed by atoms with E-state index in [1.165, 1.54) is 0 Å². The number of aromatic nitrogens is 4. The zero-order valence-corrected chi connectivity index (χ0v) is 40.6. The van der Waals surface area contributed by atoms with E-state index in [1.54, 1.807) is 0 Å². The molecular weight excluding hydrogens is 950 g/mol. The fourth-order valence-electron chi connectivity index (χ4n) is 7.52. The Hall–Kier alpha value is -3.60. The molecule has 0 unspecified atom stereocenters. The molecule has 0 saturated heterocycles. The van der Waals surface area contributed by atoms with Gasteiger partial charge in [0.15, 0.2) is 0 Å². The summed E-state index contributed by atoms with van der Waals surface area (Å²) in [5.74, 6) is 0.0614. The lowest BCUT2D eigenvalue weighted by Crippen LogP contribution is -3.00. The molecule has 58 heavy (non-hydrogen) atoms. The molecule has 3 aromatic heterocycles. The molecule has 0 radical (unpaired) electrons. The lowest BCUT2D eigenvalue weighted by atomic mass is 9.98. The Morgan fingerprint density at radius 3 is 1.38 bits per heavy atom. The highest BCUT2D eigenvalue weighted by Gasteiger charge is 2.23. The second kappa shape index (κ2) is 20.6. The third-order valence-corrected chi connectivity index (χ3v) is 10.9. The summed E-state index contributed by atoms with van der Waals surface area (Å²) < 4.78 is 1.72. The molecule has 0 fully saturated rings. The van der Waals surface area contributed by atoms with Crippen LogP contribution in [-0.2, 0) is 9.59 Å². The van der Waals surface area contributed by atoms with Crippen molar-refractivity contribution in [1.29, 1.82) is 0 Å². The average molecular weight is 1010 g/mol. The fraction of sp³-hybridized carbons (Fsp3) is 0.435. The van der Waals surface area contributed by atoms with Gasteiger partial charge in [0.25, 0.3) is 0 Å². The van der Waals surface area contributed by atoms with E-state index in [9.17, 15) is 9.59 Å². The van der Waals surface area contributed by atoms with Crippen LogP contribution < -0.4 is 58.6 Å². The maximum absolute atomic E-state index is 13.1. The van der Waals surface area contributed by atoms with E-state index in [1.807, 2.05) is 12.2 Å². The Kier molecular flexibility index (Phi) is 17.3. The molecule has 2 amide bonds. The third kappa shape index (κ3) is 12.2. The van der Waals surface area contributed by atoms with Crippen molar-refractivity contribution >= 4 is 68.3 Å². The molecule has 0 aliphatic carbocycles. The molecular formula is C46H64I2N8O2. The van der Waals surface area contributed by atoms with E-state index in [2.05, 4.69) is 128 Å². The van der Waals surface area contributed by atoms with E-state index in [4.69, 9.17) is 9.97 Å². The Balaban J connectivity index is 0.00000450. The first-order chi connectivity index (χ1) is 26.4. The van der Waals surface area contributed by atoms with Gasteiger partial charge in [-0.3, -0.25) is 9.59 Å². The van der Waals surface area contributed by atoms with Gasteiger partial charge in [0, 0.05) is 72.0 Å². The standard InChI is InChI=1S/C46H62N8O2.2HI/c1-13-33-29(3)37-25-38-31(5)35(17-19-45(55)47-21-15-23-53(7,8)9)43(51-38)28-44-36(18-20-46(56)48-22-16-24-54(10,11)12)32(6)40(52-44)27-42-34(14-2)30(4)39(50-42)26-41(33)49-37;;/h13-14,25-28H,1-2,15-24H2,3-12H3,(H2-2,47,48,49,50,51,52,55,56);2*1H. The van der Waals surface area contributed by atoms with Crippen LogP contribution in [-0.4, -0.2) is 109 Å². The fourth-order valence-corrected chi connectivity index (χ4v) is 7.52. The van der Waals surface area contributed by atoms with Gasteiger partial charge in [-0.2, -0.15) is 0 Å². The SMILES string of the molecule is C=Cc1c(C)c2cc3[nH]c(cc4nc(cc5nc(cc1[nH]2)C(C)=C5CCC(=O)NCCC[N+](C)(C)C)C(CCC(=O)NCCC[N+](C)(C)C)=C4C)c(C)c3C=C.[I-].[I-]. The lowest BCUT2D eigenvalue weighted by Gasteiger charge is -2.23. The average Bonchev–Trinajstić information content (AvgIpc) is 3.78. The number of aromatic amines is 2. The van der Waals surface area contributed by atoms with E-state index in [0.717, 1.165) is 124 Å². The minimum Gasteiger partial charge on any atom is -1.00 e. The first-order valence-corrected chi connectivity index (χ1v) is 19.9. The lowest BCUT2D eigenvalue weighted by molar-refractivity contribution is -0.870. The summed E-state index contributed by atoms with van der Waals surface area (Å²) in [5, 5.41) is 6.25. The number of allylic oxidation sites excluding steroid dienone is 4. The number of carbonyl (C=O) groups is 2. The second-order valence-corrected chi connectivity index (χ2v) is 17.4. The zero-order chi connectivity index (χ0) is 40.9. The molecule has 0 aromatic carbocycles. The van der Waals surface area contributed by atoms with Gasteiger partial charge < -0.3 is 77.5 Å². The number of nitrogens with one attached hydrogen (secondary N) is 4. The van der Waals surface area contributed by atoms with Crippen LogP contribution in [0.25, 0.3) is 56.5 Å². The Morgan fingerprint density at radius 1 is 0.603 bits per heavy atom. The topological polar surface area (TPSA) is 116 Å². The third-order valence-electron chi connectivity index (χ3n) is 10.9. The molecule has 12 heteroatoms. The highest BCUT2D eigenvalue weighted by Crippen LogP contribution is 2.38. The van der Waals surface area contributed by atoms with E-state index >= 15 is 0 Å². The summed E-state index contributed by atoms with van der Waals surface area (Å²) in [6.07, 6.45) is 7.39. The number of nitrogens with zero attached hydrogens (tertiary/aromatic N) is 4. The summed E-state index contributed by atoms with van der Waals surface area (Å²) in [5.41, 5.74) is 15.3. The van der Waals surface area contributed by atoms with Crippen LogP contribution in [0.3, 0.4) is 0 Å². The van der Waals surface area contributed by atoms with Crippen molar-refractivity contribution in [3.8, 4) is 0 Å². The normalized spacial score (nSPS) is 12.9. The number of hydrogen-bond donors (Lipinski definition) is 4. The first-order valence-electron chi connectivity index (χ1n) is 19.9. The number of aryl methyl sites for hydroxylation is 2. The summed E-state index contributed by atoms with van der Waals surface area (Å²) in [6, 6.07) is 8.37. The molecule has 0 saturated carbocycles. The van der Waals surface area contributed by atoms with Gasteiger partial charge in [0.1, 0.15) is 0 Å². The van der Waals surface area contributed by atoms with Crippen molar-refractivity contribution in [3.63, 3.8) is 0 Å². The van der Waals surface area contributed by atoms with Crippen LogP contribution in [0.1, 0.15) is 97.4 Å². The van der Waals surface area contributed by atoms with Gasteiger partial charge in [-0.25, -0.2) is 9.97 Å². The molecule has 0 spiro atoms. The highest BCUT2D eigenvalue weighted by molar-refractivity contribution is 5.97. The monoisotopic (exact) mass is 1010 g/mol. The van der Waals surface area contributed by atoms with Gasteiger partial charge in [-0.05, 0) is 98.2 Å². The minimum atomic E-state index is 0. The van der Waals surface area contributed by atoms with Gasteiger partial charge in [-0.15, -0.1) is 0 Å². The summed E-state index contributed by atoms with van der Waals surface area (Å²) in [7, 11) is 13.0. The minimum absolute atomic E-state index is 0. The molecule has 3 aromatic rings. The van der Waals surface area contributed by atoms with Crippen LogP contribution in [0.4, 0.5) is 0 Å². The van der Waals surface area contributed by atoms with Crippen molar-refractivity contribution in [2.24, 2.45) is 0 Å². The van der Waals surface area contributed by atoms with Crippen molar-refractivity contribution in [1.82, 2.24) is 30.6 Å². The van der Waals surface area contributed by atoms with Crippen LogP contribution in [0.2, 0.25) is 0 Å². The van der Waals surface area contributed by atoms with Gasteiger partial charge in [0.2, 0.25) is 11.8 Å². The first kappa shape index (κ1) is 48.8. The van der Waals surface area contributed by atoms with Gasteiger partial charge >= 0.3 is 0 Å². The summed E-state index contributed by atoms with van der Waals surface area (Å²) >= 11 is 0. The maximum atomic E-state index is 13.1. The van der Waals surface area contributed by atoms with Gasteiger partial charge in [-0.1, -0.05) is 25.3 Å². The van der Waals surface area contributed by atoms with E-state index in [-0.39, 0.29) is 59.8 Å². The molecule has 5 heterocycles. The second-order valence-electron chi connectivity index (χ2n) is 17.4. The quantitative estimate of drug-likeness (QED) is 0.100. The number of fused-ring (bicyclic) bond motifs is 8. The number of hydrogen-bond acceptors (Lipinski definition) is 4. The Morgan fingerprint density at radius 2 is 0.983 bits per heavy atom. The molecule has 2 aliphatic heterocycles. The van der Waals surface area contributed by atoms with Crippen molar-refractivity contribution < 1.29 is 66.5 Å². The molecule has 314 valence electrons. The van der Waals surface area contributed by atoms with Crippen LogP contribution in [0.5, 0.6) is 0 Å². The molecule has 8 bridgehead atoms.